The number of hydrogen-bond donors (Lipinski definition) is 2. The van der Waals surface area contributed by atoms with Crippen LogP contribution >= 0.6 is 11.6 Å². The molecule has 1 fully saturated rings. The van der Waals surface area contributed by atoms with E-state index in [2.05, 4.69) is 5.32 Å². The number of hydrogen-bond acceptors (Lipinski definition) is 5. The zero-order valence-corrected chi connectivity index (χ0v) is 27.5. The minimum Gasteiger partial charge on any atom is -0.481 e. The third-order valence-corrected chi connectivity index (χ3v) is 9.14. The van der Waals surface area contributed by atoms with Crippen molar-refractivity contribution in [3.63, 3.8) is 0 Å². The first-order chi connectivity index (χ1) is 23.6. The number of carboxylic acid groups (broad SMARTS) is 1. The van der Waals surface area contributed by atoms with Crippen LogP contribution in [0.25, 0.3) is 11.1 Å². The molecule has 0 saturated carbocycles. The summed E-state index contributed by atoms with van der Waals surface area (Å²) >= 11 is 6.51. The monoisotopic (exact) mass is 715 g/mol. The Kier molecular flexibility index (Phi) is 9.49. The second-order valence-corrected chi connectivity index (χ2v) is 13.0. The molecule has 1 aromatic heterocycles. The van der Waals surface area contributed by atoms with Crippen molar-refractivity contribution in [1.29, 1.82) is 0 Å². The van der Waals surface area contributed by atoms with Gasteiger partial charge in [-0.3, -0.25) is 23.9 Å². The van der Waals surface area contributed by atoms with Gasteiger partial charge in [0.1, 0.15) is 29.5 Å². The lowest BCUT2D eigenvalue weighted by molar-refractivity contribution is -0.139. The van der Waals surface area contributed by atoms with Gasteiger partial charge >= 0.3 is 12.1 Å². The summed E-state index contributed by atoms with van der Waals surface area (Å²) in [7, 11) is 0. The minimum atomic E-state index is -4.92. The minimum absolute atomic E-state index is 0.0201. The van der Waals surface area contributed by atoms with Gasteiger partial charge in [0.2, 0.25) is 5.91 Å². The molecule has 0 radical (unpaired) electrons. The fraction of sp³-hybridized carbons (Fsp3) is 0.306. The third-order valence-electron chi connectivity index (χ3n) is 8.92. The molecule has 3 aromatic carbocycles. The summed E-state index contributed by atoms with van der Waals surface area (Å²) in [6, 6.07) is 9.56. The van der Waals surface area contributed by atoms with E-state index in [1.54, 1.807) is 36.1 Å². The molecule has 2 aliphatic heterocycles. The van der Waals surface area contributed by atoms with E-state index in [-0.39, 0.29) is 59.1 Å². The van der Waals surface area contributed by atoms with Gasteiger partial charge in [0, 0.05) is 48.0 Å². The van der Waals surface area contributed by atoms with E-state index in [4.69, 9.17) is 16.3 Å². The zero-order chi connectivity index (χ0) is 36.1. The molecule has 262 valence electrons. The number of nitrogens with one attached hydrogen (secondary N) is 1. The van der Waals surface area contributed by atoms with Crippen LogP contribution in [0, 0.1) is 19.7 Å². The van der Waals surface area contributed by atoms with Crippen LogP contribution < -0.4 is 15.6 Å². The maximum absolute atomic E-state index is 15.9. The summed E-state index contributed by atoms with van der Waals surface area (Å²) in [5, 5.41) is 12.5. The predicted octanol–water partition coefficient (Wildman–Crippen LogP) is 7.17. The molecule has 4 bridgehead atoms. The Morgan fingerprint density at radius 3 is 2.48 bits per heavy atom. The fourth-order valence-corrected chi connectivity index (χ4v) is 6.78. The van der Waals surface area contributed by atoms with Crippen LogP contribution in [0.1, 0.15) is 51.9 Å². The van der Waals surface area contributed by atoms with Crippen molar-refractivity contribution in [3.05, 3.63) is 115 Å². The van der Waals surface area contributed by atoms with Gasteiger partial charge in [0.15, 0.2) is 0 Å². The number of pyridine rings is 1. The van der Waals surface area contributed by atoms with Crippen molar-refractivity contribution in [2.75, 3.05) is 19.6 Å². The van der Waals surface area contributed by atoms with E-state index in [0.29, 0.717) is 22.9 Å². The number of amides is 1. The molecule has 6 rings (SSSR count). The molecule has 2 N–H and O–H groups in total. The van der Waals surface area contributed by atoms with E-state index >= 15 is 4.39 Å². The van der Waals surface area contributed by atoms with Gasteiger partial charge < -0.3 is 15.2 Å². The van der Waals surface area contributed by atoms with E-state index in [9.17, 15) is 37.1 Å². The topological polar surface area (TPSA) is 101 Å². The Morgan fingerprint density at radius 1 is 1.06 bits per heavy atom. The number of fused-ring (bicyclic) bond motifs is 6. The number of carboxylic acids is 1. The maximum Gasteiger partial charge on any atom is 0.416 e. The number of carbonyl (C=O) groups is 2. The summed E-state index contributed by atoms with van der Waals surface area (Å²) in [6.07, 6.45) is -6.08. The van der Waals surface area contributed by atoms with Crippen molar-refractivity contribution >= 4 is 23.5 Å². The summed E-state index contributed by atoms with van der Waals surface area (Å²) in [5.41, 5.74) is -0.954. The summed E-state index contributed by atoms with van der Waals surface area (Å²) in [4.78, 5) is 41.6. The number of alkyl halides is 4. The number of rotatable bonds is 6. The van der Waals surface area contributed by atoms with Crippen LogP contribution in [0.15, 0.2) is 65.6 Å². The number of nitrogens with zero attached hydrogens (tertiary/aromatic N) is 2. The number of ether oxygens (including phenoxy) is 1. The predicted molar refractivity (Wildman–Crippen MR) is 175 cm³/mol. The Morgan fingerprint density at radius 2 is 1.80 bits per heavy atom. The van der Waals surface area contributed by atoms with Gasteiger partial charge in [0.05, 0.1) is 18.0 Å². The number of aromatic nitrogens is 1. The van der Waals surface area contributed by atoms with Gasteiger partial charge in [-0.15, -0.1) is 0 Å². The van der Waals surface area contributed by atoms with Crippen LogP contribution in [0.4, 0.5) is 22.0 Å². The molecule has 2 aliphatic rings. The van der Waals surface area contributed by atoms with Crippen LogP contribution in [0.2, 0.25) is 5.02 Å². The number of halogens is 6. The highest BCUT2D eigenvalue weighted by molar-refractivity contribution is 6.30. The standard InChI is InChI=1S/C36H31ClF5N3O5/c1-18-4-3-5-29-32(18)21-8-19(2)33(39)26(11-21)28(14-31(47)48)43-35(49)34(22-9-23(37)12-25(10-22)50-29)45-15-20(6-7-44-16-24(38)17-44)27(13-30(45)46)36(40,41)42/h3-5,8-13,15,24,28,34H,6-7,14,16-17H2,1-2H3,(H,43,49)(H,47,48)/t28-,34?/m0/s1. The number of likely N-dealkylation sites (tertiary alicyclic amines) is 1. The Hall–Kier alpha value is -4.75. The Labute approximate surface area is 288 Å². The average Bonchev–Trinajstić information content (AvgIpc) is 3.00. The van der Waals surface area contributed by atoms with Crippen molar-refractivity contribution in [1.82, 2.24) is 14.8 Å². The van der Waals surface area contributed by atoms with Gasteiger partial charge in [0.25, 0.3) is 5.56 Å². The van der Waals surface area contributed by atoms with Gasteiger partial charge in [-0.05, 0) is 84.5 Å². The summed E-state index contributed by atoms with van der Waals surface area (Å²) in [6.45, 7) is 3.47. The molecule has 1 saturated heterocycles. The van der Waals surface area contributed by atoms with Crippen LogP contribution in [-0.4, -0.2) is 52.3 Å². The summed E-state index contributed by atoms with van der Waals surface area (Å²) < 4.78 is 79.0. The smallest absolute Gasteiger partial charge is 0.416 e. The van der Waals surface area contributed by atoms with Crippen molar-refractivity contribution in [3.8, 4) is 22.6 Å². The highest BCUT2D eigenvalue weighted by Gasteiger charge is 2.37. The fourth-order valence-electron chi connectivity index (χ4n) is 6.55. The number of aryl methyl sites for hydroxylation is 2. The van der Waals surface area contributed by atoms with Gasteiger partial charge in [-0.1, -0.05) is 23.7 Å². The molecule has 8 nitrogen and oxygen atoms in total. The number of aliphatic carboxylic acids is 1. The molecule has 2 atom stereocenters. The van der Waals surface area contributed by atoms with E-state index in [1.807, 2.05) is 0 Å². The zero-order valence-electron chi connectivity index (χ0n) is 26.8. The first-order valence-corrected chi connectivity index (χ1v) is 16.1. The largest absolute Gasteiger partial charge is 0.481 e. The second-order valence-electron chi connectivity index (χ2n) is 12.6. The quantitative estimate of drug-likeness (QED) is 0.206. The average molecular weight is 716 g/mol. The van der Waals surface area contributed by atoms with Crippen LogP contribution in [-0.2, 0) is 22.2 Å². The van der Waals surface area contributed by atoms with Crippen LogP contribution in [0.3, 0.4) is 0 Å². The van der Waals surface area contributed by atoms with E-state index in [1.165, 1.54) is 31.2 Å². The molecule has 1 amide bonds. The molecule has 3 heterocycles. The molecule has 0 spiro atoms. The normalized spacial score (nSPS) is 18.1. The highest BCUT2D eigenvalue weighted by Crippen LogP contribution is 2.41. The highest BCUT2D eigenvalue weighted by atomic mass is 35.5. The lowest BCUT2D eigenvalue weighted by Gasteiger charge is -2.34. The maximum atomic E-state index is 15.9. The van der Waals surface area contributed by atoms with E-state index < -0.39 is 59.7 Å². The Bertz CT molecular complexity index is 2060. The molecule has 4 aromatic rings. The molecule has 0 aliphatic carbocycles. The first-order valence-electron chi connectivity index (χ1n) is 15.7. The summed E-state index contributed by atoms with van der Waals surface area (Å²) in [5.74, 6) is -2.73. The van der Waals surface area contributed by atoms with Gasteiger partial charge in [-0.2, -0.15) is 13.2 Å². The lowest BCUT2D eigenvalue weighted by atomic mass is 9.92. The van der Waals surface area contributed by atoms with Crippen molar-refractivity contribution in [2.24, 2.45) is 0 Å². The molecule has 14 heteroatoms. The van der Waals surface area contributed by atoms with E-state index in [0.717, 1.165) is 16.3 Å². The number of carbonyl (C=O) groups excluding carboxylic acids is 1. The van der Waals surface area contributed by atoms with Crippen LogP contribution in [0.5, 0.6) is 11.5 Å². The molecule has 1 unspecified atom stereocenters. The second kappa shape index (κ2) is 13.5. The van der Waals surface area contributed by atoms with Gasteiger partial charge in [-0.25, -0.2) is 8.78 Å². The van der Waals surface area contributed by atoms with Crippen molar-refractivity contribution in [2.45, 2.75) is 51.1 Å². The third kappa shape index (κ3) is 7.10. The Balaban J connectivity index is 1.58. The molecular formula is C36H31ClF5N3O5. The lowest BCUT2D eigenvalue weighted by Crippen LogP contribution is -2.49. The first kappa shape index (κ1) is 35.1. The molecular weight excluding hydrogens is 685 g/mol. The molecule has 50 heavy (non-hydrogen) atoms. The number of benzene rings is 3. The van der Waals surface area contributed by atoms with Crippen molar-refractivity contribution < 1.29 is 41.4 Å². The SMILES string of the molecule is Cc1cc2cc(c1F)[C@H](CC(=O)O)NC(=O)C(n1cc(CCN3CC(F)C3)c(C(F)(F)F)cc1=O)c1cc(Cl)cc(c1)Oc1cccc(C)c1-2.